The van der Waals surface area contributed by atoms with E-state index < -0.39 is 0 Å². The van der Waals surface area contributed by atoms with Crippen LogP contribution in [0.5, 0.6) is 11.5 Å². The van der Waals surface area contributed by atoms with E-state index in [1.807, 2.05) is 0 Å². The molecule has 0 saturated carbocycles. The second-order valence-electron chi connectivity index (χ2n) is 3.94. The lowest BCUT2D eigenvalue weighted by molar-refractivity contribution is 0.0643. The van der Waals surface area contributed by atoms with Crippen molar-refractivity contribution in [3.63, 3.8) is 0 Å². The molecule has 0 radical (unpaired) electrons. The standard InChI is InChI=1S/C14H22O5/c1-16-8-9-18-6-3-7-19-14-10-13(17-2)5-4-12(14)11-15/h4-5,10,15H,3,6-9,11H2,1-2H3. The summed E-state index contributed by atoms with van der Waals surface area (Å²) in [5.74, 6) is 1.36. The number of rotatable bonds is 10. The fourth-order valence-corrected chi connectivity index (χ4v) is 1.51. The van der Waals surface area contributed by atoms with E-state index in [1.165, 1.54) is 0 Å². The van der Waals surface area contributed by atoms with Crippen molar-refractivity contribution >= 4 is 0 Å². The van der Waals surface area contributed by atoms with E-state index in [-0.39, 0.29) is 6.61 Å². The molecule has 0 heterocycles. The molecule has 0 unspecified atom stereocenters. The zero-order valence-electron chi connectivity index (χ0n) is 11.6. The summed E-state index contributed by atoms with van der Waals surface area (Å²) in [6, 6.07) is 5.37. The zero-order chi connectivity index (χ0) is 13.9. The summed E-state index contributed by atoms with van der Waals surface area (Å²) in [7, 11) is 3.24. The third-order valence-corrected chi connectivity index (χ3v) is 2.57. The molecule has 5 nitrogen and oxygen atoms in total. The number of hydrogen-bond acceptors (Lipinski definition) is 5. The molecule has 0 fully saturated rings. The number of aliphatic hydroxyl groups is 1. The Labute approximate surface area is 114 Å². The van der Waals surface area contributed by atoms with Crippen LogP contribution in [0.4, 0.5) is 0 Å². The molecule has 0 amide bonds. The van der Waals surface area contributed by atoms with Gasteiger partial charge in [0.25, 0.3) is 0 Å². The average molecular weight is 270 g/mol. The first-order valence-electron chi connectivity index (χ1n) is 6.29. The molecule has 1 aromatic carbocycles. The maximum Gasteiger partial charge on any atom is 0.128 e. The molecule has 0 saturated heterocycles. The number of hydrogen-bond donors (Lipinski definition) is 1. The van der Waals surface area contributed by atoms with Crippen LogP contribution in [0.2, 0.25) is 0 Å². The third-order valence-electron chi connectivity index (χ3n) is 2.57. The van der Waals surface area contributed by atoms with Crippen molar-refractivity contribution < 1.29 is 24.1 Å². The molecule has 1 rings (SSSR count). The van der Waals surface area contributed by atoms with E-state index in [9.17, 15) is 5.11 Å². The highest BCUT2D eigenvalue weighted by atomic mass is 16.5. The summed E-state index contributed by atoms with van der Waals surface area (Å²) in [5.41, 5.74) is 0.751. The highest BCUT2D eigenvalue weighted by Gasteiger charge is 2.04. The van der Waals surface area contributed by atoms with Crippen LogP contribution in [0.15, 0.2) is 18.2 Å². The van der Waals surface area contributed by atoms with Gasteiger partial charge in [-0.25, -0.2) is 0 Å². The van der Waals surface area contributed by atoms with Crippen LogP contribution in [0.3, 0.4) is 0 Å². The predicted molar refractivity (Wildman–Crippen MR) is 71.7 cm³/mol. The van der Waals surface area contributed by atoms with E-state index in [1.54, 1.807) is 32.4 Å². The van der Waals surface area contributed by atoms with Gasteiger partial charge in [-0.05, 0) is 12.1 Å². The molecule has 1 N–H and O–H groups in total. The highest BCUT2D eigenvalue weighted by molar-refractivity contribution is 5.40. The lowest BCUT2D eigenvalue weighted by Crippen LogP contribution is -2.07. The van der Waals surface area contributed by atoms with Crippen LogP contribution in [0, 0.1) is 0 Å². The predicted octanol–water partition coefficient (Wildman–Crippen LogP) is 1.62. The van der Waals surface area contributed by atoms with Gasteiger partial charge in [0.05, 0.1) is 33.5 Å². The van der Waals surface area contributed by atoms with Crippen LogP contribution in [0.25, 0.3) is 0 Å². The molecule has 5 heteroatoms. The van der Waals surface area contributed by atoms with Crippen molar-refractivity contribution in [2.75, 3.05) is 40.6 Å². The monoisotopic (exact) mass is 270 g/mol. The van der Waals surface area contributed by atoms with Gasteiger partial charge in [-0.15, -0.1) is 0 Å². The zero-order valence-corrected chi connectivity index (χ0v) is 11.6. The average Bonchev–Trinajstić information content (AvgIpc) is 2.46. The first-order valence-corrected chi connectivity index (χ1v) is 6.29. The minimum Gasteiger partial charge on any atom is -0.497 e. The van der Waals surface area contributed by atoms with Crippen molar-refractivity contribution in [2.45, 2.75) is 13.0 Å². The van der Waals surface area contributed by atoms with E-state index in [0.29, 0.717) is 37.9 Å². The molecule has 0 bridgehead atoms. The van der Waals surface area contributed by atoms with E-state index in [0.717, 1.165) is 12.0 Å². The quantitative estimate of drug-likeness (QED) is 0.655. The molecule has 0 aromatic heterocycles. The van der Waals surface area contributed by atoms with Gasteiger partial charge in [0.15, 0.2) is 0 Å². The molecular formula is C14H22O5. The first-order chi connectivity index (χ1) is 9.31. The summed E-state index contributed by atoms with van der Waals surface area (Å²) in [6.45, 7) is 2.31. The van der Waals surface area contributed by atoms with Crippen molar-refractivity contribution in [1.29, 1.82) is 0 Å². The van der Waals surface area contributed by atoms with Gasteiger partial charge in [-0.1, -0.05) is 0 Å². The van der Waals surface area contributed by atoms with Crippen LogP contribution < -0.4 is 9.47 Å². The molecule has 0 aliphatic carbocycles. The molecule has 0 aliphatic heterocycles. The topological polar surface area (TPSA) is 57.2 Å². The fourth-order valence-electron chi connectivity index (χ4n) is 1.51. The minimum absolute atomic E-state index is 0.0519. The van der Waals surface area contributed by atoms with E-state index in [4.69, 9.17) is 18.9 Å². The maximum absolute atomic E-state index is 9.22. The number of ether oxygens (including phenoxy) is 4. The maximum atomic E-state index is 9.22. The van der Waals surface area contributed by atoms with Crippen molar-refractivity contribution in [1.82, 2.24) is 0 Å². The van der Waals surface area contributed by atoms with Gasteiger partial charge in [0.2, 0.25) is 0 Å². The van der Waals surface area contributed by atoms with Crippen molar-refractivity contribution in [2.24, 2.45) is 0 Å². The number of methoxy groups -OCH3 is 2. The van der Waals surface area contributed by atoms with E-state index >= 15 is 0 Å². The molecule has 1 aromatic rings. The Hall–Kier alpha value is -1.30. The second-order valence-corrected chi connectivity index (χ2v) is 3.94. The Morgan fingerprint density at radius 1 is 1.05 bits per heavy atom. The lowest BCUT2D eigenvalue weighted by atomic mass is 10.2. The van der Waals surface area contributed by atoms with E-state index in [2.05, 4.69) is 0 Å². The summed E-state index contributed by atoms with van der Waals surface area (Å²) in [6.07, 6.45) is 0.784. The Balaban J connectivity index is 2.31. The van der Waals surface area contributed by atoms with Gasteiger partial charge >= 0.3 is 0 Å². The van der Waals surface area contributed by atoms with Gasteiger partial charge < -0.3 is 24.1 Å². The molecule has 108 valence electrons. The fraction of sp³-hybridized carbons (Fsp3) is 0.571. The van der Waals surface area contributed by atoms with Crippen LogP contribution in [-0.2, 0) is 16.1 Å². The van der Waals surface area contributed by atoms with Crippen LogP contribution >= 0.6 is 0 Å². The minimum atomic E-state index is -0.0519. The molecule has 0 spiro atoms. The Kier molecular flexibility index (Phi) is 7.97. The first kappa shape index (κ1) is 15.8. The molecule has 19 heavy (non-hydrogen) atoms. The molecule has 0 atom stereocenters. The summed E-state index contributed by atoms with van der Waals surface area (Å²) in [4.78, 5) is 0. The SMILES string of the molecule is COCCOCCCOc1cc(OC)ccc1CO. The van der Waals surface area contributed by atoms with Crippen molar-refractivity contribution in [3.8, 4) is 11.5 Å². The highest BCUT2D eigenvalue weighted by Crippen LogP contribution is 2.24. The van der Waals surface area contributed by atoms with Gasteiger partial charge in [0, 0.05) is 31.8 Å². The Morgan fingerprint density at radius 2 is 1.89 bits per heavy atom. The van der Waals surface area contributed by atoms with Gasteiger partial charge in [0.1, 0.15) is 11.5 Å². The Bertz CT molecular complexity index is 354. The smallest absolute Gasteiger partial charge is 0.128 e. The summed E-state index contributed by atoms with van der Waals surface area (Å²) < 4.78 is 21.0. The van der Waals surface area contributed by atoms with Crippen LogP contribution in [-0.4, -0.2) is 45.8 Å². The van der Waals surface area contributed by atoms with Gasteiger partial charge in [-0.3, -0.25) is 0 Å². The third kappa shape index (κ3) is 5.92. The van der Waals surface area contributed by atoms with Gasteiger partial charge in [-0.2, -0.15) is 0 Å². The molecular weight excluding hydrogens is 248 g/mol. The lowest BCUT2D eigenvalue weighted by Gasteiger charge is -2.11. The number of aliphatic hydroxyl groups excluding tert-OH is 1. The van der Waals surface area contributed by atoms with Crippen LogP contribution in [0.1, 0.15) is 12.0 Å². The number of benzene rings is 1. The second kappa shape index (κ2) is 9.61. The van der Waals surface area contributed by atoms with Crippen molar-refractivity contribution in [3.05, 3.63) is 23.8 Å². The molecule has 0 aliphatic rings. The largest absolute Gasteiger partial charge is 0.497 e. The summed E-state index contributed by atoms with van der Waals surface area (Å²) in [5, 5.41) is 9.22. The Morgan fingerprint density at radius 3 is 2.58 bits per heavy atom. The normalized spacial score (nSPS) is 10.5. The summed E-state index contributed by atoms with van der Waals surface area (Å²) >= 11 is 0.